The summed E-state index contributed by atoms with van der Waals surface area (Å²) in [5, 5.41) is 14.9. The van der Waals surface area contributed by atoms with E-state index >= 15 is 0 Å². The molecule has 1 aromatic heterocycles. The maximum atomic E-state index is 5.33. The van der Waals surface area contributed by atoms with E-state index in [0.29, 0.717) is 5.92 Å². The molecule has 1 aliphatic rings. The van der Waals surface area contributed by atoms with Gasteiger partial charge in [-0.3, -0.25) is 0 Å². The second kappa shape index (κ2) is 4.67. The largest absolute Gasteiger partial charge is 0.381 e. The summed E-state index contributed by atoms with van der Waals surface area (Å²) in [6.07, 6.45) is 1.10. The number of aromatic nitrogens is 4. The molecule has 1 saturated heterocycles. The Labute approximate surface area is 89.0 Å². The second-order valence-electron chi connectivity index (χ2n) is 3.96. The van der Waals surface area contributed by atoms with Crippen LogP contribution in [-0.4, -0.2) is 40.5 Å². The molecule has 1 aliphatic heterocycles. The van der Waals surface area contributed by atoms with E-state index in [2.05, 4.69) is 20.8 Å². The number of ether oxygens (including phenoxy) is 1. The minimum Gasteiger partial charge on any atom is -0.381 e. The van der Waals surface area contributed by atoms with E-state index in [9.17, 15) is 0 Å². The van der Waals surface area contributed by atoms with E-state index in [1.54, 1.807) is 0 Å². The Morgan fingerprint density at radius 2 is 2.53 bits per heavy atom. The van der Waals surface area contributed by atoms with Crippen molar-refractivity contribution in [2.45, 2.75) is 25.9 Å². The Kier molecular flexibility index (Phi) is 3.27. The summed E-state index contributed by atoms with van der Waals surface area (Å²) < 4.78 is 7.21. The zero-order valence-corrected chi connectivity index (χ0v) is 9.18. The lowest BCUT2D eigenvalue weighted by molar-refractivity contribution is 0.181. The number of rotatable bonds is 4. The smallest absolute Gasteiger partial charge is 0.167 e. The fourth-order valence-electron chi connectivity index (χ4n) is 1.75. The van der Waals surface area contributed by atoms with Gasteiger partial charge in [0.1, 0.15) is 0 Å². The molecule has 15 heavy (non-hydrogen) atoms. The maximum Gasteiger partial charge on any atom is 0.167 e. The Morgan fingerprint density at radius 1 is 1.67 bits per heavy atom. The summed E-state index contributed by atoms with van der Waals surface area (Å²) in [6, 6.07) is 0.183. The summed E-state index contributed by atoms with van der Waals surface area (Å²) in [7, 11) is 1.91. The van der Waals surface area contributed by atoms with Gasteiger partial charge < -0.3 is 10.1 Å². The van der Waals surface area contributed by atoms with Crippen LogP contribution in [-0.2, 0) is 11.3 Å². The summed E-state index contributed by atoms with van der Waals surface area (Å²) >= 11 is 0. The SMILES string of the molecule is CNC(C)c1nnnn1CC1CCOC1. The molecule has 84 valence electrons. The van der Waals surface area contributed by atoms with Crippen molar-refractivity contribution < 1.29 is 4.74 Å². The van der Waals surface area contributed by atoms with Gasteiger partial charge in [-0.2, -0.15) is 0 Å². The number of nitrogens with one attached hydrogen (secondary N) is 1. The number of hydrogen-bond donors (Lipinski definition) is 1. The van der Waals surface area contributed by atoms with Crippen molar-refractivity contribution in [3.05, 3.63) is 5.82 Å². The highest BCUT2D eigenvalue weighted by atomic mass is 16.5. The lowest BCUT2D eigenvalue weighted by Crippen LogP contribution is -2.21. The van der Waals surface area contributed by atoms with Crippen molar-refractivity contribution in [3.63, 3.8) is 0 Å². The molecular weight excluding hydrogens is 194 g/mol. The molecule has 0 radical (unpaired) electrons. The van der Waals surface area contributed by atoms with Gasteiger partial charge in [0.25, 0.3) is 0 Å². The third-order valence-corrected chi connectivity index (χ3v) is 2.84. The van der Waals surface area contributed by atoms with Crippen molar-refractivity contribution in [1.29, 1.82) is 0 Å². The number of tetrazole rings is 1. The maximum absolute atomic E-state index is 5.33. The van der Waals surface area contributed by atoms with Crippen LogP contribution in [0.2, 0.25) is 0 Å². The molecule has 1 N–H and O–H groups in total. The van der Waals surface area contributed by atoms with E-state index in [0.717, 1.165) is 32.0 Å². The molecule has 0 spiro atoms. The Balaban J connectivity index is 2.03. The van der Waals surface area contributed by atoms with Gasteiger partial charge in [0, 0.05) is 19.1 Å². The van der Waals surface area contributed by atoms with Crippen molar-refractivity contribution in [1.82, 2.24) is 25.5 Å². The fraction of sp³-hybridized carbons (Fsp3) is 0.889. The van der Waals surface area contributed by atoms with Crippen molar-refractivity contribution >= 4 is 0 Å². The second-order valence-corrected chi connectivity index (χ2v) is 3.96. The molecular formula is C9H17N5O. The first-order valence-corrected chi connectivity index (χ1v) is 5.32. The van der Waals surface area contributed by atoms with Gasteiger partial charge in [-0.1, -0.05) is 0 Å². The topological polar surface area (TPSA) is 64.9 Å². The third-order valence-electron chi connectivity index (χ3n) is 2.84. The third kappa shape index (κ3) is 2.32. The molecule has 2 atom stereocenters. The molecule has 6 heteroatoms. The molecule has 0 aromatic carbocycles. The van der Waals surface area contributed by atoms with Crippen LogP contribution in [0, 0.1) is 5.92 Å². The zero-order chi connectivity index (χ0) is 10.7. The summed E-state index contributed by atoms with van der Waals surface area (Å²) in [6.45, 7) is 4.60. The van der Waals surface area contributed by atoms with Crippen LogP contribution in [0.25, 0.3) is 0 Å². The molecule has 2 heterocycles. The molecule has 2 unspecified atom stereocenters. The van der Waals surface area contributed by atoms with Gasteiger partial charge in [0.15, 0.2) is 5.82 Å². The van der Waals surface area contributed by atoms with Crippen LogP contribution >= 0.6 is 0 Å². The van der Waals surface area contributed by atoms with Crippen molar-refractivity contribution in [2.24, 2.45) is 5.92 Å². The van der Waals surface area contributed by atoms with Crippen LogP contribution in [0.15, 0.2) is 0 Å². The molecule has 0 aliphatic carbocycles. The zero-order valence-electron chi connectivity index (χ0n) is 9.18. The van der Waals surface area contributed by atoms with Gasteiger partial charge in [-0.25, -0.2) is 4.68 Å². The number of hydrogen-bond acceptors (Lipinski definition) is 5. The predicted octanol–water partition coefficient (Wildman–Crippen LogP) is -0.0100. The minimum atomic E-state index is 0.183. The lowest BCUT2D eigenvalue weighted by atomic mass is 10.1. The first kappa shape index (κ1) is 10.5. The Hall–Kier alpha value is -1.01. The summed E-state index contributed by atoms with van der Waals surface area (Å²) in [4.78, 5) is 0. The van der Waals surface area contributed by atoms with E-state index in [1.165, 1.54) is 0 Å². The van der Waals surface area contributed by atoms with Crippen LogP contribution in [0.1, 0.15) is 25.2 Å². The summed E-state index contributed by atoms with van der Waals surface area (Å²) in [5.74, 6) is 1.45. The molecule has 0 saturated carbocycles. The molecule has 0 amide bonds. The lowest BCUT2D eigenvalue weighted by Gasteiger charge is -2.12. The standard InChI is InChI=1S/C9H17N5O/c1-7(10-2)9-11-12-13-14(9)5-8-3-4-15-6-8/h7-8,10H,3-6H2,1-2H3. The average Bonchev–Trinajstić information content (AvgIpc) is 2.88. The highest BCUT2D eigenvalue weighted by molar-refractivity contribution is 4.89. The highest BCUT2D eigenvalue weighted by Gasteiger charge is 2.20. The van der Waals surface area contributed by atoms with E-state index in [-0.39, 0.29) is 6.04 Å². The fourth-order valence-corrected chi connectivity index (χ4v) is 1.75. The van der Waals surface area contributed by atoms with Crippen LogP contribution < -0.4 is 5.32 Å². The van der Waals surface area contributed by atoms with Gasteiger partial charge in [0.05, 0.1) is 12.6 Å². The quantitative estimate of drug-likeness (QED) is 0.759. The Bertz CT molecular complexity index is 307. The molecule has 1 fully saturated rings. The van der Waals surface area contributed by atoms with Crippen LogP contribution in [0.4, 0.5) is 0 Å². The first-order valence-electron chi connectivity index (χ1n) is 5.32. The highest BCUT2D eigenvalue weighted by Crippen LogP contribution is 2.16. The van der Waals surface area contributed by atoms with E-state index in [1.807, 2.05) is 18.7 Å². The monoisotopic (exact) mass is 211 g/mol. The van der Waals surface area contributed by atoms with Gasteiger partial charge in [0.2, 0.25) is 0 Å². The van der Waals surface area contributed by atoms with E-state index < -0.39 is 0 Å². The molecule has 6 nitrogen and oxygen atoms in total. The van der Waals surface area contributed by atoms with E-state index in [4.69, 9.17) is 4.74 Å². The van der Waals surface area contributed by atoms with Crippen LogP contribution in [0.5, 0.6) is 0 Å². The van der Waals surface area contributed by atoms with Crippen molar-refractivity contribution in [3.8, 4) is 0 Å². The normalized spacial score (nSPS) is 23.2. The van der Waals surface area contributed by atoms with Crippen molar-refractivity contribution in [2.75, 3.05) is 20.3 Å². The van der Waals surface area contributed by atoms with Crippen LogP contribution in [0.3, 0.4) is 0 Å². The van der Waals surface area contributed by atoms with Gasteiger partial charge in [-0.15, -0.1) is 5.10 Å². The predicted molar refractivity (Wildman–Crippen MR) is 54.2 cm³/mol. The first-order chi connectivity index (χ1) is 7.31. The summed E-state index contributed by atoms with van der Waals surface area (Å²) in [5.41, 5.74) is 0. The average molecular weight is 211 g/mol. The number of nitrogens with zero attached hydrogens (tertiary/aromatic N) is 4. The molecule has 1 aromatic rings. The molecule has 2 rings (SSSR count). The minimum absolute atomic E-state index is 0.183. The van der Waals surface area contributed by atoms with Gasteiger partial charge >= 0.3 is 0 Å². The Morgan fingerprint density at radius 3 is 3.20 bits per heavy atom. The molecule has 0 bridgehead atoms. The van der Waals surface area contributed by atoms with Gasteiger partial charge in [-0.05, 0) is 30.8 Å².